The molecule has 3 aliphatic rings. The Kier molecular flexibility index (Phi) is 6.70. The molecule has 0 aromatic heterocycles. The van der Waals surface area contributed by atoms with Gasteiger partial charge >= 0.3 is 152 Å². The van der Waals surface area contributed by atoms with Gasteiger partial charge in [0.15, 0.2) is 0 Å². The Labute approximate surface area is 152 Å². The summed E-state index contributed by atoms with van der Waals surface area (Å²) in [5, 5.41) is 0.397. The maximum atomic E-state index is 7.46. The third-order valence-corrected chi connectivity index (χ3v) is 14.2. The Balaban J connectivity index is 1.90. The van der Waals surface area contributed by atoms with Crippen LogP contribution in [0, 0.1) is 0 Å². The second-order valence-electron chi connectivity index (χ2n) is 10.1. The van der Waals surface area contributed by atoms with E-state index in [9.17, 15) is 0 Å². The van der Waals surface area contributed by atoms with Gasteiger partial charge in [-0.15, -0.1) is 0 Å². The first-order valence-corrected chi connectivity index (χ1v) is 13.3. The van der Waals surface area contributed by atoms with Crippen molar-refractivity contribution in [3.05, 3.63) is 0 Å². The van der Waals surface area contributed by atoms with Crippen LogP contribution in [0.25, 0.3) is 0 Å². The van der Waals surface area contributed by atoms with Crippen LogP contribution < -0.4 is 0 Å². The number of hydrogen-bond donors (Lipinski definition) is 0. The van der Waals surface area contributed by atoms with Gasteiger partial charge in [0.1, 0.15) is 0 Å². The van der Waals surface area contributed by atoms with Crippen LogP contribution in [0.1, 0.15) is 117 Å². The molecule has 0 aromatic rings. The fourth-order valence-corrected chi connectivity index (χ4v) is 13.6. The molecule has 0 N–H and O–H groups in total. The summed E-state index contributed by atoms with van der Waals surface area (Å²) < 4.78 is 7.46. The van der Waals surface area contributed by atoms with Crippen molar-refractivity contribution >= 4 is 7.49 Å². The molecule has 0 radical (unpaired) electrons. The van der Waals surface area contributed by atoms with Crippen LogP contribution in [0.5, 0.6) is 0 Å². The minimum atomic E-state index is -1.78. The molecule has 0 spiro atoms. The zero-order chi connectivity index (χ0) is 17.0. The van der Waals surface area contributed by atoms with Gasteiger partial charge in [0.25, 0.3) is 0 Å². The zero-order valence-corrected chi connectivity index (χ0v) is 17.7. The SMILES string of the molecule is CC(C)(C)[PH](OC1CCCCC1)(C1CCCCC1)C1CCCCC1. The average Bonchev–Trinajstić information content (AvgIpc) is 2.61. The van der Waals surface area contributed by atoms with Gasteiger partial charge in [-0.25, -0.2) is 0 Å². The summed E-state index contributed by atoms with van der Waals surface area (Å²) in [7, 11) is -1.78. The van der Waals surface area contributed by atoms with Gasteiger partial charge in [0, 0.05) is 0 Å². The molecule has 0 atom stereocenters. The van der Waals surface area contributed by atoms with Gasteiger partial charge in [-0.2, -0.15) is 0 Å². The summed E-state index contributed by atoms with van der Waals surface area (Å²) in [6.45, 7) is 7.68. The molecular weight excluding hydrogens is 311 g/mol. The van der Waals surface area contributed by atoms with Gasteiger partial charge in [-0.05, 0) is 0 Å². The molecule has 0 saturated heterocycles. The summed E-state index contributed by atoms with van der Waals surface area (Å²) >= 11 is 0. The van der Waals surface area contributed by atoms with Crippen LogP contribution in [0.15, 0.2) is 0 Å². The summed E-state index contributed by atoms with van der Waals surface area (Å²) in [4.78, 5) is 0. The first kappa shape index (κ1) is 19.2. The molecule has 0 heterocycles. The fraction of sp³-hybridized carbons (Fsp3) is 1.00. The van der Waals surface area contributed by atoms with Gasteiger partial charge < -0.3 is 0 Å². The second kappa shape index (κ2) is 8.39. The number of hydrogen-bond acceptors (Lipinski definition) is 1. The van der Waals surface area contributed by atoms with Gasteiger partial charge in [0.2, 0.25) is 0 Å². The van der Waals surface area contributed by atoms with E-state index >= 15 is 0 Å². The third kappa shape index (κ3) is 4.03. The van der Waals surface area contributed by atoms with Crippen molar-refractivity contribution in [1.82, 2.24) is 0 Å². The van der Waals surface area contributed by atoms with E-state index in [-0.39, 0.29) is 0 Å². The van der Waals surface area contributed by atoms with Crippen molar-refractivity contribution in [3.63, 3.8) is 0 Å². The molecule has 2 heteroatoms. The molecule has 24 heavy (non-hydrogen) atoms. The van der Waals surface area contributed by atoms with Gasteiger partial charge in [-0.3, -0.25) is 0 Å². The first-order chi connectivity index (χ1) is 11.5. The van der Waals surface area contributed by atoms with Crippen LogP contribution in [-0.2, 0) is 4.52 Å². The van der Waals surface area contributed by atoms with Crippen LogP contribution in [0.3, 0.4) is 0 Å². The molecule has 0 aromatic carbocycles. The molecule has 0 amide bonds. The van der Waals surface area contributed by atoms with E-state index in [1.807, 2.05) is 0 Å². The molecule has 3 saturated carbocycles. The molecule has 3 fully saturated rings. The third-order valence-electron chi connectivity index (χ3n) is 7.51. The Morgan fingerprint density at radius 1 is 0.583 bits per heavy atom. The molecular formula is C22H43OP. The topological polar surface area (TPSA) is 9.23 Å². The van der Waals surface area contributed by atoms with Gasteiger partial charge in [0.05, 0.1) is 0 Å². The Morgan fingerprint density at radius 3 is 1.33 bits per heavy atom. The molecule has 3 rings (SSSR count). The Morgan fingerprint density at radius 2 is 0.958 bits per heavy atom. The molecule has 0 aliphatic heterocycles. The van der Waals surface area contributed by atoms with E-state index in [0.717, 1.165) is 11.3 Å². The Bertz CT molecular complexity index is 350. The molecule has 142 valence electrons. The normalized spacial score (nSPS) is 27.3. The van der Waals surface area contributed by atoms with Crippen LogP contribution in [0.2, 0.25) is 0 Å². The summed E-state index contributed by atoms with van der Waals surface area (Å²) in [6, 6.07) is 0. The first-order valence-electron chi connectivity index (χ1n) is 11.2. The van der Waals surface area contributed by atoms with Crippen LogP contribution in [0.4, 0.5) is 0 Å². The number of rotatable bonds is 4. The average molecular weight is 355 g/mol. The summed E-state index contributed by atoms with van der Waals surface area (Å²) in [6.07, 6.45) is 22.3. The van der Waals surface area contributed by atoms with Crippen molar-refractivity contribution in [2.75, 3.05) is 0 Å². The summed E-state index contributed by atoms with van der Waals surface area (Å²) in [5.41, 5.74) is 1.88. The monoisotopic (exact) mass is 354 g/mol. The van der Waals surface area contributed by atoms with E-state index in [4.69, 9.17) is 4.52 Å². The molecule has 1 nitrogen and oxygen atoms in total. The van der Waals surface area contributed by atoms with Crippen molar-refractivity contribution in [2.45, 2.75) is 140 Å². The summed E-state index contributed by atoms with van der Waals surface area (Å²) in [5.74, 6) is 0. The van der Waals surface area contributed by atoms with Crippen molar-refractivity contribution in [2.24, 2.45) is 0 Å². The Hall–Kier alpha value is 0.390. The van der Waals surface area contributed by atoms with Crippen LogP contribution in [-0.4, -0.2) is 22.6 Å². The van der Waals surface area contributed by atoms with Crippen molar-refractivity contribution < 1.29 is 4.52 Å². The van der Waals surface area contributed by atoms with Crippen LogP contribution >= 0.6 is 7.49 Å². The second-order valence-corrected chi connectivity index (χ2v) is 15.0. The van der Waals surface area contributed by atoms with E-state index in [2.05, 4.69) is 20.8 Å². The van der Waals surface area contributed by atoms with E-state index < -0.39 is 7.49 Å². The minimum absolute atomic E-state index is 0.397. The van der Waals surface area contributed by atoms with Crippen molar-refractivity contribution in [1.29, 1.82) is 0 Å². The van der Waals surface area contributed by atoms with E-state index in [0.29, 0.717) is 11.3 Å². The predicted octanol–water partition coefficient (Wildman–Crippen LogP) is 7.46. The zero-order valence-electron chi connectivity index (χ0n) is 16.7. The standard InChI is InChI=1S/C22H43OP/c1-22(2,3)24(20-15-9-5-10-16-20,21-17-11-6-12-18-21)23-19-13-7-4-8-14-19/h19-21,24H,4-18H2,1-3H3. The van der Waals surface area contributed by atoms with Crippen molar-refractivity contribution in [3.8, 4) is 0 Å². The van der Waals surface area contributed by atoms with E-state index in [1.165, 1.54) is 96.3 Å². The van der Waals surface area contributed by atoms with E-state index in [1.54, 1.807) is 0 Å². The molecule has 0 bridgehead atoms. The fourth-order valence-electron chi connectivity index (χ4n) is 6.45. The quantitative estimate of drug-likeness (QED) is 0.476. The van der Waals surface area contributed by atoms with Gasteiger partial charge in [-0.1, -0.05) is 0 Å². The molecule has 3 aliphatic carbocycles. The predicted molar refractivity (Wildman–Crippen MR) is 110 cm³/mol. The molecule has 0 unspecified atom stereocenters. The maximum absolute atomic E-state index is 7.46.